The van der Waals surface area contributed by atoms with E-state index >= 15 is 0 Å². The zero-order valence-electron chi connectivity index (χ0n) is 61.8. The molecule has 564 valence electrons. The molecular formula is C76H148O17P2. The second kappa shape index (κ2) is 69.2. The summed E-state index contributed by atoms with van der Waals surface area (Å²) in [6, 6.07) is 0. The highest BCUT2D eigenvalue weighted by atomic mass is 31.2. The summed E-state index contributed by atoms with van der Waals surface area (Å²) < 4.78 is 68.5. The summed E-state index contributed by atoms with van der Waals surface area (Å²) in [6.45, 7) is 7.29. The van der Waals surface area contributed by atoms with Gasteiger partial charge in [-0.2, -0.15) is 0 Å². The Morgan fingerprint density at radius 3 is 0.716 bits per heavy atom. The number of unbranched alkanes of at least 4 members (excludes halogenated alkanes) is 48. The van der Waals surface area contributed by atoms with Gasteiger partial charge in [-0.05, 0) is 31.6 Å². The van der Waals surface area contributed by atoms with Gasteiger partial charge in [0.05, 0.1) is 26.4 Å². The monoisotopic (exact) mass is 1400 g/mol. The Hall–Kier alpha value is -1.94. The van der Waals surface area contributed by atoms with Crippen LogP contribution in [0.25, 0.3) is 0 Å². The van der Waals surface area contributed by atoms with Crippen LogP contribution in [0.1, 0.15) is 401 Å². The molecule has 0 aliphatic rings. The number of ether oxygens (including phenoxy) is 4. The van der Waals surface area contributed by atoms with Crippen molar-refractivity contribution >= 4 is 39.5 Å². The zero-order chi connectivity index (χ0) is 69.8. The molecule has 0 aromatic carbocycles. The van der Waals surface area contributed by atoms with Crippen molar-refractivity contribution in [3.05, 3.63) is 0 Å². The molecule has 0 aromatic heterocycles. The first-order valence-corrected chi connectivity index (χ1v) is 42.6. The quantitative estimate of drug-likeness (QED) is 0.0222. The molecule has 95 heavy (non-hydrogen) atoms. The molecule has 0 saturated carbocycles. The van der Waals surface area contributed by atoms with Crippen molar-refractivity contribution in [3.8, 4) is 0 Å². The van der Waals surface area contributed by atoms with Crippen LogP contribution in [0.15, 0.2) is 0 Å². The minimum absolute atomic E-state index is 0.107. The lowest BCUT2D eigenvalue weighted by Crippen LogP contribution is -2.30. The van der Waals surface area contributed by atoms with Crippen LogP contribution in [-0.4, -0.2) is 96.7 Å². The van der Waals surface area contributed by atoms with E-state index in [9.17, 15) is 43.2 Å². The van der Waals surface area contributed by atoms with Crippen LogP contribution in [0.2, 0.25) is 0 Å². The number of phosphoric ester groups is 2. The van der Waals surface area contributed by atoms with Crippen LogP contribution < -0.4 is 0 Å². The summed E-state index contributed by atoms with van der Waals surface area (Å²) in [6.07, 6.45) is 58.2. The summed E-state index contributed by atoms with van der Waals surface area (Å²) in [5, 5.41) is 10.6. The average molecular weight is 1400 g/mol. The number of rotatable bonds is 76. The van der Waals surface area contributed by atoms with Crippen LogP contribution in [0.4, 0.5) is 0 Å². The van der Waals surface area contributed by atoms with Crippen LogP contribution in [0.5, 0.6) is 0 Å². The third-order valence-corrected chi connectivity index (χ3v) is 19.7. The minimum Gasteiger partial charge on any atom is -0.462 e. The SMILES string of the molecule is CCCCCCCCCCCCCCCCCCCCCC(=O)O[C@H](COC(=O)CCCCCCCCCCCCCCCC(C)C)COP(=O)(O)OC[C@@H](O)COP(=O)(O)OC[C@@H](COC(=O)CCCCCCCCCCC)OC(=O)CCCCCCCCCCCCC. The van der Waals surface area contributed by atoms with Crippen LogP contribution >= 0.6 is 15.6 Å². The smallest absolute Gasteiger partial charge is 0.462 e. The van der Waals surface area contributed by atoms with E-state index in [0.29, 0.717) is 25.7 Å². The number of aliphatic hydroxyl groups is 1. The topological polar surface area (TPSA) is 237 Å². The highest BCUT2D eigenvalue weighted by Gasteiger charge is 2.30. The maximum absolute atomic E-state index is 13.1. The van der Waals surface area contributed by atoms with Gasteiger partial charge in [-0.1, -0.05) is 349 Å². The average Bonchev–Trinajstić information content (AvgIpc) is 1.66. The lowest BCUT2D eigenvalue weighted by Gasteiger charge is -2.21. The predicted octanol–water partition coefficient (Wildman–Crippen LogP) is 22.5. The Kier molecular flexibility index (Phi) is 67.7. The van der Waals surface area contributed by atoms with E-state index in [4.69, 9.17) is 37.0 Å². The van der Waals surface area contributed by atoms with Crippen molar-refractivity contribution in [2.75, 3.05) is 39.6 Å². The number of hydrogen-bond acceptors (Lipinski definition) is 15. The van der Waals surface area contributed by atoms with Crippen molar-refractivity contribution in [1.29, 1.82) is 0 Å². The normalized spacial score (nSPS) is 13.9. The molecular weight excluding hydrogens is 1250 g/mol. The number of esters is 4. The van der Waals surface area contributed by atoms with Gasteiger partial charge >= 0.3 is 39.5 Å². The number of phosphoric acid groups is 2. The Balaban J connectivity index is 5.21. The van der Waals surface area contributed by atoms with E-state index in [1.165, 1.54) is 225 Å². The molecule has 0 bridgehead atoms. The number of carbonyl (C=O) groups is 4. The molecule has 2 unspecified atom stereocenters. The summed E-state index contributed by atoms with van der Waals surface area (Å²) in [5.41, 5.74) is 0. The molecule has 0 heterocycles. The largest absolute Gasteiger partial charge is 0.472 e. The maximum atomic E-state index is 13.1. The molecule has 5 atom stereocenters. The Labute approximate surface area is 581 Å². The maximum Gasteiger partial charge on any atom is 0.472 e. The number of carbonyl (C=O) groups excluding carboxylic acids is 4. The third kappa shape index (κ3) is 70.3. The molecule has 0 aliphatic heterocycles. The molecule has 0 saturated heterocycles. The van der Waals surface area contributed by atoms with Gasteiger partial charge in [-0.3, -0.25) is 37.3 Å². The van der Waals surface area contributed by atoms with Crippen molar-refractivity contribution < 1.29 is 80.2 Å². The highest BCUT2D eigenvalue weighted by molar-refractivity contribution is 7.47. The van der Waals surface area contributed by atoms with E-state index in [-0.39, 0.29) is 25.7 Å². The Bertz CT molecular complexity index is 1820. The van der Waals surface area contributed by atoms with Gasteiger partial charge < -0.3 is 33.8 Å². The summed E-state index contributed by atoms with van der Waals surface area (Å²) >= 11 is 0. The molecule has 0 amide bonds. The molecule has 0 rings (SSSR count). The van der Waals surface area contributed by atoms with Gasteiger partial charge in [0.25, 0.3) is 0 Å². The van der Waals surface area contributed by atoms with Crippen LogP contribution in [-0.2, 0) is 65.4 Å². The molecule has 3 N–H and O–H groups in total. The minimum atomic E-state index is -4.96. The van der Waals surface area contributed by atoms with Crippen molar-refractivity contribution in [2.45, 2.75) is 419 Å². The van der Waals surface area contributed by atoms with E-state index in [0.717, 1.165) is 95.8 Å². The van der Waals surface area contributed by atoms with Gasteiger partial charge in [-0.15, -0.1) is 0 Å². The van der Waals surface area contributed by atoms with E-state index in [1.807, 2.05) is 0 Å². The third-order valence-electron chi connectivity index (χ3n) is 17.8. The van der Waals surface area contributed by atoms with Crippen LogP contribution in [0.3, 0.4) is 0 Å². The first kappa shape index (κ1) is 93.1. The first-order valence-electron chi connectivity index (χ1n) is 39.6. The first-order chi connectivity index (χ1) is 46.0. The lowest BCUT2D eigenvalue weighted by atomic mass is 10.0. The molecule has 0 radical (unpaired) electrons. The fourth-order valence-corrected chi connectivity index (χ4v) is 13.3. The van der Waals surface area contributed by atoms with E-state index in [1.54, 1.807) is 0 Å². The van der Waals surface area contributed by atoms with E-state index in [2.05, 4.69) is 34.6 Å². The van der Waals surface area contributed by atoms with Crippen molar-refractivity contribution in [1.82, 2.24) is 0 Å². The fraction of sp³-hybridized carbons (Fsp3) is 0.947. The van der Waals surface area contributed by atoms with E-state index < -0.39 is 97.5 Å². The lowest BCUT2D eigenvalue weighted by molar-refractivity contribution is -0.161. The Morgan fingerprint density at radius 1 is 0.284 bits per heavy atom. The second-order valence-corrected chi connectivity index (χ2v) is 30.8. The van der Waals surface area contributed by atoms with Gasteiger partial charge in [0, 0.05) is 25.7 Å². The molecule has 0 aromatic rings. The summed E-state index contributed by atoms with van der Waals surface area (Å²) in [7, 11) is -9.91. The molecule has 0 aliphatic carbocycles. The predicted molar refractivity (Wildman–Crippen MR) is 386 cm³/mol. The Morgan fingerprint density at radius 2 is 0.484 bits per heavy atom. The summed E-state index contributed by atoms with van der Waals surface area (Å²) in [5.74, 6) is -1.32. The summed E-state index contributed by atoms with van der Waals surface area (Å²) in [4.78, 5) is 72.7. The molecule has 0 fully saturated rings. The van der Waals surface area contributed by atoms with Crippen molar-refractivity contribution in [3.63, 3.8) is 0 Å². The van der Waals surface area contributed by atoms with Gasteiger partial charge in [0.15, 0.2) is 12.2 Å². The molecule has 17 nitrogen and oxygen atoms in total. The molecule has 0 spiro atoms. The van der Waals surface area contributed by atoms with Gasteiger partial charge in [0.2, 0.25) is 0 Å². The van der Waals surface area contributed by atoms with Gasteiger partial charge in [0.1, 0.15) is 19.3 Å². The van der Waals surface area contributed by atoms with Gasteiger partial charge in [-0.25, -0.2) is 9.13 Å². The number of aliphatic hydroxyl groups excluding tert-OH is 1. The highest BCUT2D eigenvalue weighted by Crippen LogP contribution is 2.45. The molecule has 19 heteroatoms. The zero-order valence-corrected chi connectivity index (χ0v) is 63.6. The van der Waals surface area contributed by atoms with Crippen molar-refractivity contribution in [2.24, 2.45) is 5.92 Å². The van der Waals surface area contributed by atoms with Crippen LogP contribution in [0, 0.1) is 5.92 Å². The standard InChI is InChI=1S/C76H148O17P2/c1-6-9-12-15-18-21-23-24-25-26-27-28-29-32-37-42-47-52-57-62-76(81)93-72(66-87-74(79)60-55-50-45-40-36-33-30-31-35-39-43-48-53-58-69(4)5)68-91-95(84,85)89-64-70(77)63-88-94(82,83)90-67-71(65-86-73(78)59-54-49-44-38-20-17-14-11-8-3)92-75(80)61-56-51-46-41-34-22-19-16-13-10-7-2/h69-72,77H,6-68H2,1-5H3,(H,82,83)(H,84,85)/t70-,71+,72+/m0/s1. The number of hydrogen-bond donors (Lipinski definition) is 3. The fourth-order valence-electron chi connectivity index (χ4n) is 11.7. The second-order valence-electron chi connectivity index (χ2n) is 27.9.